The highest BCUT2D eigenvalue weighted by Crippen LogP contribution is 2.40. The quantitative estimate of drug-likeness (QED) is 0.0712. The molecule has 340 valence electrons. The number of hydrogen-bond donors (Lipinski definition) is 8. The Labute approximate surface area is 349 Å². The van der Waals surface area contributed by atoms with Gasteiger partial charge in [0.05, 0.1) is 19.3 Å². The molecule has 0 aromatic heterocycles. The molecule has 0 aromatic carbocycles. The van der Waals surface area contributed by atoms with Gasteiger partial charge in [0.2, 0.25) is 11.7 Å². The highest BCUT2D eigenvalue weighted by molar-refractivity contribution is 5.97. The van der Waals surface area contributed by atoms with E-state index in [-0.39, 0.29) is 48.4 Å². The molecule has 6 amide bonds. The van der Waals surface area contributed by atoms with Crippen molar-refractivity contribution in [1.29, 1.82) is 0 Å². The number of unbranched alkanes of at least 4 members (excludes halogenated alkanes) is 3. The highest BCUT2D eigenvalue weighted by atomic mass is 16.6. The number of ether oxygens (including phenoxy) is 3. The molecule has 10 unspecified atom stereocenters. The van der Waals surface area contributed by atoms with Gasteiger partial charge in [0, 0.05) is 26.6 Å². The number of hydrogen-bond acceptors (Lipinski definition) is 16. The Hall–Kier alpha value is -4.03. The van der Waals surface area contributed by atoms with Crippen LogP contribution in [0.2, 0.25) is 0 Å². The summed E-state index contributed by atoms with van der Waals surface area (Å²) in [6.07, 6.45) is 3.67. The molecule has 0 aromatic rings. The summed E-state index contributed by atoms with van der Waals surface area (Å²) in [6.45, 7) is 6.27. The van der Waals surface area contributed by atoms with Crippen LogP contribution in [0.1, 0.15) is 105 Å². The number of rotatable bonds is 10. The van der Waals surface area contributed by atoms with E-state index in [9.17, 15) is 54.2 Å². The van der Waals surface area contributed by atoms with Gasteiger partial charge < -0.3 is 35.1 Å². The van der Waals surface area contributed by atoms with E-state index in [2.05, 4.69) is 28.4 Å². The van der Waals surface area contributed by atoms with Crippen molar-refractivity contribution in [2.24, 2.45) is 5.92 Å². The Balaban J connectivity index is 1.70. The fraction of sp³-hybridized carbons (Fsp3) is 0.816. The second kappa shape index (κ2) is 21.2. The molecule has 0 radical (unpaired) electrons. The number of cyclic esters (lactones) is 1. The molecule has 0 bridgehead atoms. The minimum atomic E-state index is -2.70. The second-order valence-electron chi connectivity index (χ2n) is 16.3. The van der Waals surface area contributed by atoms with Crippen LogP contribution in [-0.2, 0) is 47.8 Å². The Kier molecular flexibility index (Phi) is 17.2. The molecule has 4 heterocycles. The Morgan fingerprint density at radius 1 is 0.900 bits per heavy atom. The normalized spacial score (nSPS) is 33.1. The van der Waals surface area contributed by atoms with Crippen LogP contribution in [0.15, 0.2) is 0 Å². The van der Waals surface area contributed by atoms with Crippen LogP contribution >= 0.6 is 0 Å². The number of hydroxylamine groups is 4. The van der Waals surface area contributed by atoms with E-state index in [0.29, 0.717) is 19.3 Å². The van der Waals surface area contributed by atoms with Crippen molar-refractivity contribution in [3.63, 3.8) is 0 Å². The number of carbonyl (C=O) groups is 7. The lowest BCUT2D eigenvalue weighted by atomic mass is 9.80. The summed E-state index contributed by atoms with van der Waals surface area (Å²) in [5.41, 5.74) is 2.81. The molecule has 4 aliphatic rings. The second-order valence-corrected chi connectivity index (χ2v) is 16.3. The largest absolute Gasteiger partial charge is 0.458 e. The smallest absolute Gasteiger partial charge is 0.331 e. The van der Waals surface area contributed by atoms with Crippen molar-refractivity contribution in [3.8, 4) is 0 Å². The lowest BCUT2D eigenvalue weighted by Gasteiger charge is -2.47. The molecule has 0 saturated carbocycles. The molecular weight excluding hydrogens is 792 g/mol. The topological polar surface area (TPSA) is 289 Å². The van der Waals surface area contributed by atoms with Gasteiger partial charge in [-0.15, -0.1) is 0 Å². The van der Waals surface area contributed by atoms with E-state index in [1.807, 2.05) is 0 Å². The van der Waals surface area contributed by atoms with Gasteiger partial charge in [-0.1, -0.05) is 32.6 Å². The van der Waals surface area contributed by atoms with Gasteiger partial charge in [-0.2, -0.15) is 0 Å². The zero-order chi connectivity index (χ0) is 44.5. The van der Waals surface area contributed by atoms with E-state index < -0.39 is 108 Å². The zero-order valence-electron chi connectivity index (χ0n) is 35.4. The fourth-order valence-corrected chi connectivity index (χ4v) is 7.95. The summed E-state index contributed by atoms with van der Waals surface area (Å²) in [5.74, 6) is -10.1. The average Bonchev–Trinajstić information content (AvgIpc) is 3.23. The number of aliphatic hydroxyl groups is 2. The number of nitrogens with one attached hydrogen (secondary N) is 4. The van der Waals surface area contributed by atoms with Gasteiger partial charge >= 0.3 is 5.97 Å². The minimum absolute atomic E-state index is 0.0475. The van der Waals surface area contributed by atoms with Gasteiger partial charge in [0.1, 0.15) is 24.2 Å². The third-order valence-electron chi connectivity index (χ3n) is 11.9. The molecule has 4 rings (SSSR count). The van der Waals surface area contributed by atoms with E-state index in [4.69, 9.17) is 14.2 Å². The number of nitrogens with zero attached hydrogens (tertiary/aromatic N) is 4. The van der Waals surface area contributed by atoms with Crippen LogP contribution in [0, 0.1) is 5.92 Å². The SMILES string of the molecule is CCCCCCC1CCC(O)(C(C)(O)C(=O)NC2C(=O)N3NCCCC3C(=O)N(O)C(COC)C(=O)NCC(=O)N3NCCCC3C(=O)N(O)C(C)C(=O)OC2C)OC1C. The van der Waals surface area contributed by atoms with Crippen molar-refractivity contribution < 1.29 is 68.4 Å². The number of carbonyl (C=O) groups excluding carboxylic acids is 7. The highest BCUT2D eigenvalue weighted by Gasteiger charge is 2.57. The number of esters is 1. The van der Waals surface area contributed by atoms with Crippen LogP contribution in [0.5, 0.6) is 0 Å². The van der Waals surface area contributed by atoms with Gasteiger partial charge in [-0.3, -0.25) is 49.2 Å². The first-order valence-corrected chi connectivity index (χ1v) is 20.9. The van der Waals surface area contributed by atoms with E-state index in [1.165, 1.54) is 14.0 Å². The Bertz CT molecular complexity index is 1570. The van der Waals surface area contributed by atoms with Crippen molar-refractivity contribution in [3.05, 3.63) is 0 Å². The zero-order valence-corrected chi connectivity index (χ0v) is 35.4. The standard InChI is InChI=1S/C38H64N8O14/c1-7-8-9-10-13-25-16-17-38(55,60-23(25)3)37(5,54)36(53)42-30-24(4)59-35(52)22(2)45(56)32(49)26-14-11-18-40-43(26)29(47)20-39-31(48)28(21-58-6)46(57)33(50)27-15-12-19-41-44(27)34(30)51/h22-28,30,40-41,54-57H,7-21H2,1-6H3,(H,39,48)(H,42,53). The van der Waals surface area contributed by atoms with Crippen molar-refractivity contribution >= 4 is 41.4 Å². The molecule has 10 atom stereocenters. The molecule has 0 aliphatic carbocycles. The summed E-state index contributed by atoms with van der Waals surface area (Å²) in [7, 11) is 1.20. The number of fused-ring (bicyclic) bond motifs is 2. The van der Waals surface area contributed by atoms with Crippen molar-refractivity contribution in [2.45, 2.75) is 159 Å². The van der Waals surface area contributed by atoms with Crippen molar-refractivity contribution in [2.75, 3.05) is 33.4 Å². The summed E-state index contributed by atoms with van der Waals surface area (Å²) in [5, 5.41) is 52.1. The first-order valence-electron chi connectivity index (χ1n) is 20.9. The van der Waals surface area contributed by atoms with Gasteiger partial charge in [0.15, 0.2) is 17.7 Å². The lowest BCUT2D eigenvalue weighted by Crippen LogP contribution is -2.70. The van der Waals surface area contributed by atoms with Crippen LogP contribution in [0.3, 0.4) is 0 Å². The Morgan fingerprint density at radius 3 is 2.13 bits per heavy atom. The molecule has 60 heavy (non-hydrogen) atoms. The fourth-order valence-electron chi connectivity index (χ4n) is 7.95. The predicted molar refractivity (Wildman–Crippen MR) is 206 cm³/mol. The maximum absolute atomic E-state index is 14.6. The minimum Gasteiger partial charge on any atom is -0.458 e. The third kappa shape index (κ3) is 10.9. The molecule has 22 heteroatoms. The average molecular weight is 857 g/mol. The molecular formula is C38H64N8O14. The number of amides is 6. The van der Waals surface area contributed by atoms with E-state index in [0.717, 1.165) is 56.0 Å². The van der Waals surface area contributed by atoms with Gasteiger partial charge in [0.25, 0.3) is 29.5 Å². The maximum Gasteiger partial charge on any atom is 0.331 e. The van der Waals surface area contributed by atoms with Gasteiger partial charge in [-0.05, 0) is 72.1 Å². The Morgan fingerprint density at radius 2 is 1.52 bits per heavy atom. The molecule has 4 aliphatic heterocycles. The van der Waals surface area contributed by atoms with Crippen LogP contribution in [-0.4, -0.2) is 169 Å². The van der Waals surface area contributed by atoms with Crippen LogP contribution in [0.4, 0.5) is 0 Å². The lowest BCUT2D eigenvalue weighted by molar-refractivity contribution is -0.325. The summed E-state index contributed by atoms with van der Waals surface area (Å²) in [4.78, 5) is 96.5. The summed E-state index contributed by atoms with van der Waals surface area (Å²) < 4.78 is 16.6. The molecule has 4 saturated heterocycles. The van der Waals surface area contributed by atoms with Gasteiger partial charge in [-0.25, -0.2) is 25.8 Å². The molecule has 8 N–H and O–H groups in total. The predicted octanol–water partition coefficient (Wildman–Crippen LogP) is -1.41. The molecule has 22 nitrogen and oxygen atoms in total. The first kappa shape index (κ1) is 48.6. The van der Waals surface area contributed by atoms with Crippen molar-refractivity contribution in [1.82, 2.24) is 41.6 Å². The summed E-state index contributed by atoms with van der Waals surface area (Å²) >= 11 is 0. The van der Waals surface area contributed by atoms with E-state index in [1.54, 1.807) is 6.92 Å². The molecule has 4 fully saturated rings. The van der Waals surface area contributed by atoms with E-state index >= 15 is 0 Å². The number of hydrazine groups is 2. The first-order chi connectivity index (χ1) is 28.3. The monoisotopic (exact) mass is 856 g/mol. The molecule has 0 spiro atoms. The maximum atomic E-state index is 14.6. The third-order valence-corrected chi connectivity index (χ3v) is 11.9. The van der Waals surface area contributed by atoms with Crippen LogP contribution < -0.4 is 21.5 Å². The van der Waals surface area contributed by atoms with Crippen LogP contribution in [0.25, 0.3) is 0 Å². The summed E-state index contributed by atoms with van der Waals surface area (Å²) in [6, 6.07) is -8.28. The number of methoxy groups -OCH3 is 1.